The van der Waals surface area contributed by atoms with Crippen LogP contribution < -0.4 is 0 Å². The van der Waals surface area contributed by atoms with E-state index in [1.807, 2.05) is 0 Å². The highest BCUT2D eigenvalue weighted by Gasteiger charge is 2.28. The average molecular weight is 251 g/mol. The van der Waals surface area contributed by atoms with E-state index in [1.54, 1.807) is 18.1 Å². The van der Waals surface area contributed by atoms with Crippen molar-refractivity contribution < 1.29 is 14.7 Å². The summed E-state index contributed by atoms with van der Waals surface area (Å²) in [6, 6.07) is 0.254. The van der Waals surface area contributed by atoms with Gasteiger partial charge in [0.15, 0.2) is 5.69 Å². The fraction of sp³-hybridized carbons (Fsp3) is 0.583. The van der Waals surface area contributed by atoms with E-state index < -0.39 is 5.97 Å². The second-order valence-electron chi connectivity index (χ2n) is 4.71. The summed E-state index contributed by atoms with van der Waals surface area (Å²) in [6.07, 6.45) is 4.80. The van der Waals surface area contributed by atoms with Crippen molar-refractivity contribution in [2.24, 2.45) is 7.05 Å². The van der Waals surface area contributed by atoms with E-state index in [-0.39, 0.29) is 17.6 Å². The molecule has 0 radical (unpaired) electrons. The summed E-state index contributed by atoms with van der Waals surface area (Å²) >= 11 is 0. The SMILES string of the molecule is CC(=O)N(Cc1cn(C)nc1C(=O)O)C1CCC1. The second kappa shape index (κ2) is 4.80. The Hall–Kier alpha value is -1.85. The number of aromatic carboxylic acids is 1. The zero-order valence-electron chi connectivity index (χ0n) is 10.6. The zero-order chi connectivity index (χ0) is 13.3. The van der Waals surface area contributed by atoms with E-state index >= 15 is 0 Å². The molecule has 1 amide bonds. The smallest absolute Gasteiger partial charge is 0.356 e. The van der Waals surface area contributed by atoms with E-state index in [4.69, 9.17) is 5.11 Å². The van der Waals surface area contributed by atoms with Crippen LogP contribution in [0.4, 0.5) is 0 Å². The van der Waals surface area contributed by atoms with Crippen LogP contribution in [-0.2, 0) is 18.4 Å². The largest absolute Gasteiger partial charge is 0.476 e. The van der Waals surface area contributed by atoms with E-state index in [0.717, 1.165) is 19.3 Å². The first-order valence-corrected chi connectivity index (χ1v) is 6.02. The molecule has 1 aliphatic carbocycles. The van der Waals surface area contributed by atoms with Crippen molar-refractivity contribution in [3.63, 3.8) is 0 Å². The normalized spacial score (nSPS) is 15.2. The molecule has 2 rings (SSSR count). The minimum absolute atomic E-state index is 0.0140. The zero-order valence-corrected chi connectivity index (χ0v) is 10.6. The van der Waals surface area contributed by atoms with E-state index in [9.17, 15) is 9.59 Å². The topological polar surface area (TPSA) is 75.4 Å². The standard InChI is InChI=1S/C12H17N3O3/c1-8(16)15(10-4-3-5-10)7-9-6-14(2)13-11(9)12(17)18/h6,10H,3-5,7H2,1-2H3,(H,17,18). The summed E-state index contributed by atoms with van der Waals surface area (Å²) in [6.45, 7) is 1.85. The third-order valence-electron chi connectivity index (χ3n) is 3.37. The van der Waals surface area contributed by atoms with E-state index in [1.165, 1.54) is 11.6 Å². The van der Waals surface area contributed by atoms with Gasteiger partial charge in [-0.25, -0.2) is 4.79 Å². The summed E-state index contributed by atoms with van der Waals surface area (Å²) in [7, 11) is 1.68. The summed E-state index contributed by atoms with van der Waals surface area (Å²) < 4.78 is 1.47. The van der Waals surface area contributed by atoms with Crippen molar-refractivity contribution in [3.8, 4) is 0 Å². The van der Waals surface area contributed by atoms with Gasteiger partial charge >= 0.3 is 5.97 Å². The van der Waals surface area contributed by atoms with Crippen LogP contribution in [0.5, 0.6) is 0 Å². The predicted octanol–water partition coefficient (Wildman–Crippen LogP) is 1.02. The molecule has 0 atom stereocenters. The van der Waals surface area contributed by atoms with Crippen molar-refractivity contribution in [2.45, 2.75) is 38.8 Å². The third-order valence-corrected chi connectivity index (χ3v) is 3.37. The van der Waals surface area contributed by atoms with Crippen molar-refractivity contribution in [2.75, 3.05) is 0 Å². The number of hydrogen-bond acceptors (Lipinski definition) is 3. The Labute approximate surface area is 105 Å². The van der Waals surface area contributed by atoms with Crippen molar-refractivity contribution in [1.82, 2.24) is 14.7 Å². The maximum atomic E-state index is 11.6. The number of nitrogens with zero attached hydrogens (tertiary/aromatic N) is 3. The highest BCUT2D eigenvalue weighted by molar-refractivity contribution is 5.87. The first-order chi connectivity index (χ1) is 8.49. The monoisotopic (exact) mass is 251 g/mol. The summed E-state index contributed by atoms with van der Waals surface area (Å²) in [5.74, 6) is -1.07. The highest BCUT2D eigenvalue weighted by Crippen LogP contribution is 2.26. The van der Waals surface area contributed by atoms with Crippen LogP contribution in [0.3, 0.4) is 0 Å². The van der Waals surface area contributed by atoms with E-state index in [0.29, 0.717) is 12.1 Å². The minimum atomic E-state index is -1.05. The molecule has 1 fully saturated rings. The maximum Gasteiger partial charge on any atom is 0.356 e. The summed E-state index contributed by atoms with van der Waals surface area (Å²) in [5, 5.41) is 13.0. The highest BCUT2D eigenvalue weighted by atomic mass is 16.4. The molecule has 0 unspecified atom stereocenters. The number of aromatic nitrogens is 2. The number of carboxylic acids is 1. The van der Waals surface area contributed by atoms with Crippen LogP contribution in [0.15, 0.2) is 6.20 Å². The molecule has 0 aliphatic heterocycles. The van der Waals surface area contributed by atoms with Gasteiger partial charge in [-0.15, -0.1) is 0 Å². The van der Waals surface area contributed by atoms with Crippen LogP contribution in [0.1, 0.15) is 42.2 Å². The Balaban J connectivity index is 2.20. The van der Waals surface area contributed by atoms with Crippen molar-refractivity contribution in [1.29, 1.82) is 0 Å². The van der Waals surface area contributed by atoms with Gasteiger partial charge in [0.1, 0.15) is 0 Å². The summed E-state index contributed by atoms with van der Waals surface area (Å²) in [5.41, 5.74) is 0.621. The molecule has 0 bridgehead atoms. The number of rotatable bonds is 4. The molecular formula is C12H17N3O3. The Kier molecular flexibility index (Phi) is 3.36. The Bertz CT molecular complexity index is 477. The molecule has 1 saturated carbocycles. The van der Waals surface area contributed by atoms with Crippen LogP contribution in [-0.4, -0.2) is 37.7 Å². The Morgan fingerprint density at radius 3 is 2.67 bits per heavy atom. The fourth-order valence-corrected chi connectivity index (χ4v) is 2.21. The number of hydrogen-bond donors (Lipinski definition) is 1. The summed E-state index contributed by atoms with van der Waals surface area (Å²) in [4.78, 5) is 24.4. The molecule has 1 N–H and O–H groups in total. The van der Waals surface area contributed by atoms with Gasteiger partial charge in [0.25, 0.3) is 0 Å². The Morgan fingerprint density at radius 1 is 1.56 bits per heavy atom. The van der Waals surface area contributed by atoms with Gasteiger partial charge in [0.2, 0.25) is 5.91 Å². The first-order valence-electron chi connectivity index (χ1n) is 6.02. The lowest BCUT2D eigenvalue weighted by Gasteiger charge is -2.36. The maximum absolute atomic E-state index is 11.6. The van der Waals surface area contributed by atoms with Crippen molar-refractivity contribution in [3.05, 3.63) is 17.5 Å². The lowest BCUT2D eigenvalue weighted by Crippen LogP contribution is -2.42. The molecule has 0 spiro atoms. The quantitative estimate of drug-likeness (QED) is 0.866. The molecular weight excluding hydrogens is 234 g/mol. The van der Waals surface area contributed by atoms with Crippen LogP contribution >= 0.6 is 0 Å². The molecule has 6 heteroatoms. The number of carboxylic acid groups (broad SMARTS) is 1. The van der Waals surface area contributed by atoms with Gasteiger partial charge in [-0.1, -0.05) is 0 Å². The van der Waals surface area contributed by atoms with E-state index in [2.05, 4.69) is 5.10 Å². The van der Waals surface area contributed by atoms with Gasteiger partial charge in [0.05, 0.1) is 0 Å². The molecule has 6 nitrogen and oxygen atoms in total. The van der Waals surface area contributed by atoms with Gasteiger partial charge in [-0.2, -0.15) is 5.10 Å². The minimum Gasteiger partial charge on any atom is -0.476 e. The van der Waals surface area contributed by atoms with Gasteiger partial charge in [0, 0.05) is 38.3 Å². The lowest BCUT2D eigenvalue weighted by atomic mass is 9.91. The van der Waals surface area contributed by atoms with Crippen LogP contribution in [0, 0.1) is 0 Å². The molecule has 98 valence electrons. The lowest BCUT2D eigenvalue weighted by molar-refractivity contribution is -0.133. The number of carbonyl (C=O) groups is 2. The second-order valence-corrected chi connectivity index (χ2v) is 4.71. The number of amides is 1. The van der Waals surface area contributed by atoms with Crippen LogP contribution in [0.25, 0.3) is 0 Å². The Morgan fingerprint density at radius 2 is 2.22 bits per heavy atom. The predicted molar refractivity (Wildman–Crippen MR) is 64.0 cm³/mol. The van der Waals surface area contributed by atoms with Crippen molar-refractivity contribution >= 4 is 11.9 Å². The first kappa shape index (κ1) is 12.6. The average Bonchev–Trinajstić information content (AvgIpc) is 2.55. The fourth-order valence-electron chi connectivity index (χ4n) is 2.21. The van der Waals surface area contributed by atoms with Gasteiger partial charge < -0.3 is 10.0 Å². The van der Waals surface area contributed by atoms with Crippen LogP contribution in [0.2, 0.25) is 0 Å². The number of aryl methyl sites for hydroxylation is 1. The van der Waals surface area contributed by atoms with Gasteiger partial charge in [-0.05, 0) is 19.3 Å². The van der Waals surface area contributed by atoms with Gasteiger partial charge in [-0.3, -0.25) is 9.48 Å². The number of carbonyl (C=O) groups excluding carboxylic acids is 1. The molecule has 1 aliphatic rings. The molecule has 0 aromatic carbocycles. The third kappa shape index (κ3) is 2.37. The molecule has 0 saturated heterocycles. The molecule has 1 heterocycles. The molecule has 1 aromatic rings. The molecule has 18 heavy (non-hydrogen) atoms. The molecule has 1 aromatic heterocycles.